The van der Waals surface area contributed by atoms with Crippen LogP contribution in [0.15, 0.2) is 87.7 Å². The van der Waals surface area contributed by atoms with Crippen LogP contribution in [0.3, 0.4) is 0 Å². The van der Waals surface area contributed by atoms with E-state index in [-0.39, 0.29) is 0 Å². The van der Waals surface area contributed by atoms with E-state index in [0.717, 1.165) is 32.9 Å². The van der Waals surface area contributed by atoms with Gasteiger partial charge in [-0.3, -0.25) is 0 Å². The number of benzene rings is 2. The third kappa shape index (κ3) is 3.11. The topological polar surface area (TPSA) is 47.3 Å². The van der Waals surface area contributed by atoms with Crippen LogP contribution in [0.1, 0.15) is 0 Å². The molecule has 4 rings (SSSR count). The Bertz CT molecular complexity index is 1140. The maximum absolute atomic E-state index is 12.2. The molecule has 0 amide bonds. The minimum atomic E-state index is -3.30. The van der Waals surface area contributed by atoms with Crippen molar-refractivity contribution in [1.82, 2.24) is 0 Å². The fourth-order valence-corrected chi connectivity index (χ4v) is 4.81. The minimum absolute atomic E-state index is 0.354. The first kappa shape index (κ1) is 16.8. The van der Waals surface area contributed by atoms with Crippen molar-refractivity contribution >= 4 is 21.2 Å². The molecule has 2 heterocycles. The van der Waals surface area contributed by atoms with Gasteiger partial charge in [-0.1, -0.05) is 42.5 Å². The van der Waals surface area contributed by atoms with Crippen LogP contribution in [-0.2, 0) is 9.84 Å². The smallest absolute Gasteiger partial charge is 0.176 e. The van der Waals surface area contributed by atoms with Crippen molar-refractivity contribution in [3.05, 3.63) is 78.4 Å². The first-order valence-electron chi connectivity index (χ1n) is 8.05. The van der Waals surface area contributed by atoms with Crippen LogP contribution >= 0.6 is 11.3 Å². The van der Waals surface area contributed by atoms with Gasteiger partial charge < -0.3 is 4.42 Å². The van der Waals surface area contributed by atoms with Crippen LogP contribution in [0.5, 0.6) is 0 Å². The van der Waals surface area contributed by atoms with Gasteiger partial charge >= 0.3 is 0 Å². The molecule has 0 aliphatic heterocycles. The maximum atomic E-state index is 12.2. The second-order valence-electron chi connectivity index (χ2n) is 5.99. The largest absolute Gasteiger partial charge is 0.464 e. The highest BCUT2D eigenvalue weighted by Gasteiger charge is 2.18. The number of rotatable bonds is 4. The average molecular weight is 380 g/mol. The van der Waals surface area contributed by atoms with E-state index in [2.05, 4.69) is 0 Å². The van der Waals surface area contributed by atoms with Gasteiger partial charge in [0.15, 0.2) is 9.84 Å². The molecule has 0 N–H and O–H groups in total. The molecule has 0 bridgehead atoms. The van der Waals surface area contributed by atoms with Crippen LogP contribution in [-0.4, -0.2) is 14.7 Å². The van der Waals surface area contributed by atoms with E-state index in [1.54, 1.807) is 29.7 Å². The van der Waals surface area contributed by atoms with E-state index in [1.807, 2.05) is 60.0 Å². The molecule has 0 radical (unpaired) electrons. The quantitative estimate of drug-likeness (QED) is 0.453. The Morgan fingerprint density at radius 2 is 1.54 bits per heavy atom. The van der Waals surface area contributed by atoms with E-state index in [0.29, 0.717) is 4.90 Å². The van der Waals surface area contributed by atoms with Crippen molar-refractivity contribution in [2.75, 3.05) is 6.26 Å². The van der Waals surface area contributed by atoms with Gasteiger partial charge in [-0.05, 0) is 35.2 Å². The molecule has 0 atom stereocenters. The van der Waals surface area contributed by atoms with Crippen LogP contribution in [0, 0.1) is 0 Å². The molecule has 0 aliphatic carbocycles. The Hall–Kier alpha value is -2.63. The van der Waals surface area contributed by atoms with Crippen molar-refractivity contribution in [1.29, 1.82) is 0 Å². The lowest BCUT2D eigenvalue weighted by Crippen LogP contribution is -1.99. The first-order chi connectivity index (χ1) is 12.5. The molecule has 0 aliphatic rings. The SMILES string of the molecule is CS(=O)(=O)c1ccccc1-c1ccsc1-c1ccc(-c2ccco2)cc1. The molecule has 26 heavy (non-hydrogen) atoms. The summed E-state index contributed by atoms with van der Waals surface area (Å²) in [6.07, 6.45) is 2.90. The lowest BCUT2D eigenvalue weighted by molar-refractivity contribution is 0.582. The molecule has 4 aromatic rings. The monoisotopic (exact) mass is 380 g/mol. The van der Waals surface area contributed by atoms with E-state index in [9.17, 15) is 8.42 Å². The van der Waals surface area contributed by atoms with Gasteiger partial charge in [-0.2, -0.15) is 0 Å². The summed E-state index contributed by atoms with van der Waals surface area (Å²) in [5, 5.41) is 1.99. The zero-order valence-corrected chi connectivity index (χ0v) is 15.7. The summed E-state index contributed by atoms with van der Waals surface area (Å²) in [5.74, 6) is 0.824. The number of hydrogen-bond donors (Lipinski definition) is 0. The summed E-state index contributed by atoms with van der Waals surface area (Å²) in [5.41, 5.74) is 3.73. The second-order valence-corrected chi connectivity index (χ2v) is 8.89. The molecule has 2 aromatic heterocycles. The van der Waals surface area contributed by atoms with Gasteiger partial charge in [-0.15, -0.1) is 11.3 Å². The minimum Gasteiger partial charge on any atom is -0.464 e. The Morgan fingerprint density at radius 1 is 0.808 bits per heavy atom. The van der Waals surface area contributed by atoms with Gasteiger partial charge in [0.2, 0.25) is 0 Å². The van der Waals surface area contributed by atoms with Crippen molar-refractivity contribution in [3.63, 3.8) is 0 Å². The molecular formula is C21H16O3S2. The second kappa shape index (κ2) is 6.59. The number of sulfone groups is 1. The fraction of sp³-hybridized carbons (Fsp3) is 0.0476. The Morgan fingerprint density at radius 3 is 2.23 bits per heavy atom. The number of furan rings is 1. The zero-order valence-electron chi connectivity index (χ0n) is 14.0. The molecular weight excluding hydrogens is 364 g/mol. The van der Waals surface area contributed by atoms with Crippen LogP contribution in [0.25, 0.3) is 32.9 Å². The summed E-state index contributed by atoms with van der Waals surface area (Å²) >= 11 is 1.60. The normalized spacial score (nSPS) is 11.6. The molecule has 0 fully saturated rings. The fourth-order valence-electron chi connectivity index (χ4n) is 2.99. The maximum Gasteiger partial charge on any atom is 0.176 e. The van der Waals surface area contributed by atoms with Gasteiger partial charge in [0.25, 0.3) is 0 Å². The van der Waals surface area contributed by atoms with Crippen LogP contribution in [0.2, 0.25) is 0 Å². The lowest BCUT2D eigenvalue weighted by Gasteiger charge is -2.09. The van der Waals surface area contributed by atoms with Gasteiger partial charge in [0.05, 0.1) is 11.2 Å². The van der Waals surface area contributed by atoms with Gasteiger partial charge in [-0.25, -0.2) is 8.42 Å². The number of thiophene rings is 1. The van der Waals surface area contributed by atoms with Gasteiger partial charge in [0, 0.05) is 27.8 Å². The summed E-state index contributed by atoms with van der Waals surface area (Å²) < 4.78 is 29.8. The molecule has 0 spiro atoms. The highest BCUT2D eigenvalue weighted by Crippen LogP contribution is 2.39. The number of hydrogen-bond acceptors (Lipinski definition) is 4. The Balaban J connectivity index is 1.80. The summed E-state index contributed by atoms with van der Waals surface area (Å²) in [6, 6.07) is 21.0. The van der Waals surface area contributed by atoms with Crippen LogP contribution in [0.4, 0.5) is 0 Å². The zero-order chi connectivity index (χ0) is 18.1. The van der Waals surface area contributed by atoms with E-state index in [1.165, 1.54) is 6.26 Å². The van der Waals surface area contributed by atoms with Crippen molar-refractivity contribution in [2.24, 2.45) is 0 Å². The van der Waals surface area contributed by atoms with Gasteiger partial charge in [0.1, 0.15) is 5.76 Å². The first-order valence-corrected chi connectivity index (χ1v) is 10.8. The summed E-state index contributed by atoms with van der Waals surface area (Å²) in [7, 11) is -3.30. The van der Waals surface area contributed by atoms with E-state index < -0.39 is 9.84 Å². The van der Waals surface area contributed by atoms with E-state index in [4.69, 9.17) is 4.42 Å². The Kier molecular flexibility index (Phi) is 4.26. The molecule has 0 saturated heterocycles. The highest BCUT2D eigenvalue weighted by atomic mass is 32.2. The molecule has 0 unspecified atom stereocenters. The molecule has 2 aromatic carbocycles. The third-order valence-electron chi connectivity index (χ3n) is 4.19. The predicted molar refractivity (Wildman–Crippen MR) is 106 cm³/mol. The third-order valence-corrected chi connectivity index (χ3v) is 6.31. The van der Waals surface area contributed by atoms with Crippen molar-refractivity contribution < 1.29 is 12.8 Å². The molecule has 130 valence electrons. The highest BCUT2D eigenvalue weighted by molar-refractivity contribution is 7.90. The van der Waals surface area contributed by atoms with Crippen molar-refractivity contribution in [3.8, 4) is 32.9 Å². The molecule has 5 heteroatoms. The lowest BCUT2D eigenvalue weighted by atomic mass is 10.0. The summed E-state index contributed by atoms with van der Waals surface area (Å²) in [6.45, 7) is 0. The Labute approximate surface area is 156 Å². The average Bonchev–Trinajstić information content (AvgIpc) is 3.33. The molecule has 3 nitrogen and oxygen atoms in total. The van der Waals surface area contributed by atoms with E-state index >= 15 is 0 Å². The standard InChI is InChI=1S/C21H16O3S2/c1-26(22,23)20-7-3-2-5-17(20)18-12-14-25-21(18)16-10-8-15(9-11-16)19-6-4-13-24-19/h2-14H,1H3. The predicted octanol–water partition coefficient (Wildman–Crippen LogP) is 5.75. The van der Waals surface area contributed by atoms with Crippen molar-refractivity contribution in [2.45, 2.75) is 4.90 Å². The summed E-state index contributed by atoms with van der Waals surface area (Å²) in [4.78, 5) is 1.40. The molecule has 0 saturated carbocycles. The van der Waals surface area contributed by atoms with Crippen LogP contribution < -0.4 is 0 Å².